The molecule has 0 aliphatic carbocycles. The highest BCUT2D eigenvalue weighted by Crippen LogP contribution is 2.40. The van der Waals surface area contributed by atoms with Gasteiger partial charge in [-0.25, -0.2) is 4.90 Å². The van der Waals surface area contributed by atoms with Crippen molar-refractivity contribution in [2.24, 2.45) is 11.3 Å². The van der Waals surface area contributed by atoms with Crippen LogP contribution in [0.3, 0.4) is 0 Å². The lowest BCUT2D eigenvalue weighted by atomic mass is 9.80. The van der Waals surface area contributed by atoms with Gasteiger partial charge in [0.2, 0.25) is 11.8 Å². The van der Waals surface area contributed by atoms with Crippen LogP contribution in [0.5, 0.6) is 0 Å². The lowest BCUT2D eigenvalue weighted by Gasteiger charge is -2.28. The highest BCUT2D eigenvalue weighted by Gasteiger charge is 2.46. The summed E-state index contributed by atoms with van der Waals surface area (Å²) in [6, 6.07) is 7.72. The van der Waals surface area contributed by atoms with E-state index in [0.717, 1.165) is 11.3 Å². The molecule has 1 heterocycles. The predicted octanol–water partition coefficient (Wildman–Crippen LogP) is 3.91. The van der Waals surface area contributed by atoms with Crippen molar-refractivity contribution in [2.75, 3.05) is 4.90 Å². The van der Waals surface area contributed by atoms with E-state index in [1.54, 1.807) is 0 Å². The van der Waals surface area contributed by atoms with Crippen molar-refractivity contribution in [2.45, 2.75) is 53.4 Å². The third-order valence-electron chi connectivity index (χ3n) is 4.14. The van der Waals surface area contributed by atoms with Crippen LogP contribution in [-0.2, 0) is 15.0 Å². The Balaban J connectivity index is 2.49. The topological polar surface area (TPSA) is 37.4 Å². The average molecular weight is 287 g/mol. The fourth-order valence-electron chi connectivity index (χ4n) is 2.86. The van der Waals surface area contributed by atoms with Crippen LogP contribution in [0, 0.1) is 11.3 Å². The van der Waals surface area contributed by atoms with Crippen molar-refractivity contribution in [3.63, 3.8) is 0 Å². The van der Waals surface area contributed by atoms with Crippen LogP contribution in [0.2, 0.25) is 0 Å². The van der Waals surface area contributed by atoms with Crippen LogP contribution in [0.4, 0.5) is 5.69 Å². The second-order valence-corrected chi connectivity index (χ2v) is 7.96. The SMILES string of the molecule is CC(C)(C)c1ccccc1N1C(=O)CC(C(C)(C)C)C1=O. The van der Waals surface area contributed by atoms with Gasteiger partial charge in [-0.2, -0.15) is 0 Å². The maximum absolute atomic E-state index is 12.7. The Labute approximate surface area is 127 Å². The average Bonchev–Trinajstić information content (AvgIpc) is 2.63. The van der Waals surface area contributed by atoms with Gasteiger partial charge in [0.1, 0.15) is 0 Å². The molecule has 0 N–H and O–H groups in total. The van der Waals surface area contributed by atoms with Gasteiger partial charge in [0.05, 0.1) is 11.6 Å². The summed E-state index contributed by atoms with van der Waals surface area (Å²) < 4.78 is 0. The van der Waals surface area contributed by atoms with Gasteiger partial charge in [0.25, 0.3) is 0 Å². The van der Waals surface area contributed by atoms with E-state index in [9.17, 15) is 9.59 Å². The Hall–Kier alpha value is -1.64. The molecule has 1 fully saturated rings. The van der Waals surface area contributed by atoms with E-state index in [-0.39, 0.29) is 28.6 Å². The molecule has 1 atom stereocenters. The summed E-state index contributed by atoms with van der Waals surface area (Å²) in [5.41, 5.74) is 1.46. The van der Waals surface area contributed by atoms with Crippen LogP contribution in [0.1, 0.15) is 53.5 Å². The molecule has 1 aliphatic rings. The number of hydrogen-bond acceptors (Lipinski definition) is 2. The first-order valence-corrected chi connectivity index (χ1v) is 7.50. The van der Waals surface area contributed by atoms with Crippen LogP contribution >= 0.6 is 0 Å². The maximum Gasteiger partial charge on any atom is 0.237 e. The number of hydrogen-bond donors (Lipinski definition) is 0. The molecule has 1 aromatic carbocycles. The van der Waals surface area contributed by atoms with Gasteiger partial charge in [0, 0.05) is 6.42 Å². The number of rotatable bonds is 1. The minimum atomic E-state index is -0.238. The highest BCUT2D eigenvalue weighted by atomic mass is 16.2. The quantitative estimate of drug-likeness (QED) is 0.734. The van der Waals surface area contributed by atoms with Gasteiger partial charge in [-0.15, -0.1) is 0 Å². The lowest BCUT2D eigenvalue weighted by Crippen LogP contribution is -2.35. The summed E-state index contributed by atoms with van der Waals surface area (Å²) >= 11 is 0. The van der Waals surface area contributed by atoms with E-state index in [1.807, 2.05) is 45.0 Å². The van der Waals surface area contributed by atoms with Crippen molar-refractivity contribution in [1.82, 2.24) is 0 Å². The fourth-order valence-corrected chi connectivity index (χ4v) is 2.86. The maximum atomic E-state index is 12.7. The molecule has 1 aliphatic heterocycles. The van der Waals surface area contributed by atoms with Crippen LogP contribution < -0.4 is 4.90 Å². The van der Waals surface area contributed by atoms with Gasteiger partial charge in [-0.05, 0) is 22.5 Å². The van der Waals surface area contributed by atoms with E-state index in [0.29, 0.717) is 6.42 Å². The molecule has 3 heteroatoms. The van der Waals surface area contributed by atoms with E-state index < -0.39 is 0 Å². The smallest absolute Gasteiger partial charge is 0.237 e. The lowest BCUT2D eigenvalue weighted by molar-refractivity contribution is -0.123. The molecule has 1 unspecified atom stereocenters. The summed E-state index contributed by atoms with van der Waals surface area (Å²) in [5, 5.41) is 0. The summed E-state index contributed by atoms with van der Waals surface area (Å²) in [7, 11) is 0. The molecule has 3 nitrogen and oxygen atoms in total. The zero-order chi connectivity index (χ0) is 16.0. The van der Waals surface area contributed by atoms with Crippen LogP contribution in [0.15, 0.2) is 24.3 Å². The fraction of sp³-hybridized carbons (Fsp3) is 0.556. The molecule has 1 saturated heterocycles. The Kier molecular flexibility index (Phi) is 3.73. The van der Waals surface area contributed by atoms with Gasteiger partial charge in [-0.1, -0.05) is 59.7 Å². The normalized spacial score (nSPS) is 20.3. The third-order valence-corrected chi connectivity index (χ3v) is 4.14. The second kappa shape index (κ2) is 4.97. The minimum Gasteiger partial charge on any atom is -0.274 e. The minimum absolute atomic E-state index is 0.0656. The Morgan fingerprint density at radius 3 is 2.05 bits per heavy atom. The van der Waals surface area contributed by atoms with E-state index >= 15 is 0 Å². The molecule has 21 heavy (non-hydrogen) atoms. The molecule has 0 aromatic heterocycles. The number of para-hydroxylation sites is 1. The van der Waals surface area contributed by atoms with E-state index in [4.69, 9.17) is 0 Å². The zero-order valence-corrected chi connectivity index (χ0v) is 13.9. The number of nitrogens with zero attached hydrogens (tertiary/aromatic N) is 1. The Bertz CT molecular complexity index is 576. The van der Waals surface area contributed by atoms with Crippen molar-refractivity contribution in [3.05, 3.63) is 29.8 Å². The molecule has 0 spiro atoms. The van der Waals surface area contributed by atoms with Crippen molar-refractivity contribution >= 4 is 17.5 Å². The Morgan fingerprint density at radius 1 is 1.00 bits per heavy atom. The number of carbonyl (C=O) groups is 2. The number of imide groups is 1. The van der Waals surface area contributed by atoms with Gasteiger partial charge >= 0.3 is 0 Å². The summed E-state index contributed by atoms with van der Waals surface area (Å²) in [6.45, 7) is 12.3. The van der Waals surface area contributed by atoms with Gasteiger partial charge < -0.3 is 0 Å². The molecule has 1 aromatic rings. The first-order chi connectivity index (χ1) is 9.53. The van der Waals surface area contributed by atoms with E-state index in [2.05, 4.69) is 20.8 Å². The largest absolute Gasteiger partial charge is 0.274 e. The Morgan fingerprint density at radius 2 is 1.57 bits per heavy atom. The molecule has 2 amide bonds. The van der Waals surface area contributed by atoms with Crippen LogP contribution in [0.25, 0.3) is 0 Å². The van der Waals surface area contributed by atoms with E-state index in [1.165, 1.54) is 4.90 Å². The molecule has 0 saturated carbocycles. The first kappa shape index (κ1) is 15.7. The highest BCUT2D eigenvalue weighted by molar-refractivity contribution is 6.21. The number of amides is 2. The molecule has 2 rings (SSSR count). The van der Waals surface area contributed by atoms with Gasteiger partial charge in [0.15, 0.2) is 0 Å². The number of carbonyl (C=O) groups excluding carboxylic acids is 2. The molecule has 0 bridgehead atoms. The summed E-state index contributed by atoms with van der Waals surface area (Å²) in [6.07, 6.45) is 0.306. The monoisotopic (exact) mass is 287 g/mol. The second-order valence-electron chi connectivity index (χ2n) is 7.96. The molecular formula is C18H25NO2. The first-order valence-electron chi connectivity index (χ1n) is 7.50. The van der Waals surface area contributed by atoms with Crippen molar-refractivity contribution in [1.29, 1.82) is 0 Å². The molecule has 0 radical (unpaired) electrons. The standard InChI is InChI=1S/C18H25NO2/c1-17(2,3)12-9-7-8-10-14(12)19-15(20)11-13(16(19)21)18(4,5)6/h7-10,13H,11H2,1-6H3. The molecular weight excluding hydrogens is 262 g/mol. The summed E-state index contributed by atoms with van der Waals surface area (Å²) in [5.74, 6) is -0.390. The van der Waals surface area contributed by atoms with Crippen molar-refractivity contribution < 1.29 is 9.59 Å². The number of benzene rings is 1. The third kappa shape index (κ3) is 2.87. The van der Waals surface area contributed by atoms with Crippen molar-refractivity contribution in [3.8, 4) is 0 Å². The zero-order valence-electron chi connectivity index (χ0n) is 13.9. The molecule has 114 valence electrons. The number of anilines is 1. The summed E-state index contributed by atoms with van der Waals surface area (Å²) in [4.78, 5) is 26.6. The predicted molar refractivity (Wildman–Crippen MR) is 85.2 cm³/mol. The van der Waals surface area contributed by atoms with Gasteiger partial charge in [-0.3, -0.25) is 9.59 Å². The van der Waals surface area contributed by atoms with Crippen LogP contribution in [-0.4, -0.2) is 11.8 Å².